The molecule has 0 heterocycles. The quantitative estimate of drug-likeness (QED) is 0.762. The van der Waals surface area contributed by atoms with Gasteiger partial charge in [-0.05, 0) is 28.3 Å². The van der Waals surface area contributed by atoms with Crippen LogP contribution >= 0.6 is 0 Å². The van der Waals surface area contributed by atoms with Crippen LogP contribution in [0.15, 0.2) is 73.3 Å². The van der Waals surface area contributed by atoms with E-state index < -0.39 is 0 Å². The normalized spacial score (nSPS) is 20.2. The molecule has 2 aromatic carbocycles. The first-order chi connectivity index (χ1) is 11.3. The summed E-state index contributed by atoms with van der Waals surface area (Å²) in [5, 5.41) is 0. The van der Waals surface area contributed by atoms with Gasteiger partial charge in [-0.1, -0.05) is 79.4 Å². The number of carbonyl (C=O) groups is 1. The molecule has 4 rings (SSSR count). The standard InChI is InChI=1S/C21H17NO/c1-2-21(23)22(19-13-11-15-7-3-5-9-17(15)19)20-14-12-16-8-4-6-10-18(16)20/h2-14,19-20H,1H2. The molecule has 0 fully saturated rings. The zero-order chi connectivity index (χ0) is 15.8. The van der Waals surface area contributed by atoms with Gasteiger partial charge in [0.25, 0.3) is 0 Å². The van der Waals surface area contributed by atoms with Crippen molar-refractivity contribution >= 4 is 18.1 Å². The van der Waals surface area contributed by atoms with E-state index in [9.17, 15) is 4.79 Å². The Morgan fingerprint density at radius 2 is 1.35 bits per heavy atom. The maximum atomic E-state index is 12.6. The molecule has 2 aromatic rings. The second-order valence-corrected chi connectivity index (χ2v) is 5.82. The zero-order valence-electron chi connectivity index (χ0n) is 12.7. The van der Waals surface area contributed by atoms with Crippen LogP contribution in [0.3, 0.4) is 0 Å². The zero-order valence-corrected chi connectivity index (χ0v) is 12.7. The number of hydrogen-bond acceptors (Lipinski definition) is 1. The van der Waals surface area contributed by atoms with Crippen molar-refractivity contribution in [3.05, 3.63) is 95.6 Å². The van der Waals surface area contributed by atoms with E-state index in [2.05, 4.69) is 55.1 Å². The van der Waals surface area contributed by atoms with Gasteiger partial charge in [0, 0.05) is 0 Å². The molecule has 0 aromatic heterocycles. The van der Waals surface area contributed by atoms with Crippen molar-refractivity contribution in [1.29, 1.82) is 0 Å². The minimum atomic E-state index is -0.0579. The fourth-order valence-corrected chi connectivity index (χ4v) is 3.50. The molecule has 0 saturated heterocycles. The van der Waals surface area contributed by atoms with Gasteiger partial charge >= 0.3 is 0 Å². The lowest BCUT2D eigenvalue weighted by atomic mass is 10.0. The molecule has 0 bridgehead atoms. The van der Waals surface area contributed by atoms with E-state index in [4.69, 9.17) is 0 Å². The number of amides is 1. The van der Waals surface area contributed by atoms with Crippen LogP contribution in [0.1, 0.15) is 34.3 Å². The summed E-state index contributed by atoms with van der Waals surface area (Å²) in [6, 6.07) is 16.3. The highest BCUT2D eigenvalue weighted by molar-refractivity contribution is 5.89. The molecule has 0 N–H and O–H groups in total. The third-order valence-corrected chi connectivity index (χ3v) is 4.57. The molecule has 2 heteroatoms. The summed E-state index contributed by atoms with van der Waals surface area (Å²) >= 11 is 0. The average Bonchev–Trinajstić information content (AvgIpc) is 3.20. The number of carbonyl (C=O) groups excluding carboxylic acids is 1. The minimum absolute atomic E-state index is 0.0530. The summed E-state index contributed by atoms with van der Waals surface area (Å²) in [5.41, 5.74) is 4.69. The Balaban J connectivity index is 1.79. The Bertz CT molecular complexity index is 785. The summed E-state index contributed by atoms with van der Waals surface area (Å²) in [6.07, 6.45) is 9.78. The highest BCUT2D eigenvalue weighted by atomic mass is 16.2. The Labute approximate surface area is 136 Å². The first-order valence-corrected chi connectivity index (χ1v) is 7.78. The Hall–Kier alpha value is -2.87. The van der Waals surface area contributed by atoms with E-state index in [-0.39, 0.29) is 18.0 Å². The van der Waals surface area contributed by atoms with Crippen molar-refractivity contribution in [3.63, 3.8) is 0 Å². The predicted molar refractivity (Wildman–Crippen MR) is 93.5 cm³/mol. The van der Waals surface area contributed by atoms with Crippen molar-refractivity contribution < 1.29 is 4.79 Å². The molecule has 0 saturated carbocycles. The Morgan fingerprint density at radius 3 is 1.83 bits per heavy atom. The summed E-state index contributed by atoms with van der Waals surface area (Å²) in [5.74, 6) is -0.0530. The van der Waals surface area contributed by atoms with Gasteiger partial charge in [-0.25, -0.2) is 0 Å². The second kappa shape index (κ2) is 5.40. The van der Waals surface area contributed by atoms with Gasteiger partial charge in [0.15, 0.2) is 0 Å². The monoisotopic (exact) mass is 299 g/mol. The van der Waals surface area contributed by atoms with Gasteiger partial charge < -0.3 is 4.90 Å². The molecule has 2 unspecified atom stereocenters. The Morgan fingerprint density at radius 1 is 0.870 bits per heavy atom. The molecule has 0 radical (unpaired) electrons. The maximum absolute atomic E-state index is 12.6. The van der Waals surface area contributed by atoms with Crippen LogP contribution in [0.5, 0.6) is 0 Å². The largest absolute Gasteiger partial charge is 0.318 e. The van der Waals surface area contributed by atoms with Gasteiger partial charge in [-0.15, -0.1) is 0 Å². The minimum Gasteiger partial charge on any atom is -0.318 e. The highest BCUT2D eigenvalue weighted by Crippen LogP contribution is 2.41. The molecule has 2 aliphatic carbocycles. The van der Waals surface area contributed by atoms with E-state index in [0.29, 0.717) is 0 Å². The van der Waals surface area contributed by atoms with Crippen LogP contribution in [0.25, 0.3) is 12.2 Å². The molecule has 112 valence electrons. The Kier molecular flexibility index (Phi) is 3.23. The highest BCUT2D eigenvalue weighted by Gasteiger charge is 2.33. The fraction of sp³-hybridized carbons (Fsp3) is 0.0952. The topological polar surface area (TPSA) is 20.3 Å². The molecular weight excluding hydrogens is 282 g/mol. The second-order valence-electron chi connectivity index (χ2n) is 5.82. The molecule has 0 spiro atoms. The number of benzene rings is 2. The smallest absolute Gasteiger partial charge is 0.247 e. The number of fused-ring (bicyclic) bond motifs is 2. The number of rotatable bonds is 3. The van der Waals surface area contributed by atoms with E-state index in [1.54, 1.807) is 0 Å². The number of hydrogen-bond donors (Lipinski definition) is 0. The van der Waals surface area contributed by atoms with Crippen LogP contribution in [0.4, 0.5) is 0 Å². The van der Waals surface area contributed by atoms with E-state index in [1.165, 1.54) is 28.3 Å². The van der Waals surface area contributed by atoms with Crippen LogP contribution in [0.2, 0.25) is 0 Å². The van der Waals surface area contributed by atoms with Crippen molar-refractivity contribution in [3.8, 4) is 0 Å². The van der Waals surface area contributed by atoms with Crippen molar-refractivity contribution in [2.24, 2.45) is 0 Å². The van der Waals surface area contributed by atoms with Gasteiger partial charge in [-0.2, -0.15) is 0 Å². The summed E-state index contributed by atoms with van der Waals surface area (Å²) in [6.45, 7) is 3.70. The molecule has 0 aliphatic heterocycles. The van der Waals surface area contributed by atoms with Gasteiger partial charge in [0.2, 0.25) is 5.91 Å². The third kappa shape index (κ3) is 2.15. The van der Waals surface area contributed by atoms with Crippen LogP contribution in [-0.2, 0) is 4.79 Å². The molecule has 23 heavy (non-hydrogen) atoms. The summed E-state index contributed by atoms with van der Waals surface area (Å²) < 4.78 is 0. The van der Waals surface area contributed by atoms with Gasteiger partial charge in [0.1, 0.15) is 0 Å². The first kappa shape index (κ1) is 13.8. The molecule has 2 atom stereocenters. The fourth-order valence-electron chi connectivity index (χ4n) is 3.50. The lowest BCUT2D eigenvalue weighted by molar-refractivity contribution is -0.129. The molecule has 2 nitrogen and oxygen atoms in total. The maximum Gasteiger partial charge on any atom is 0.247 e. The predicted octanol–water partition coefficient (Wildman–Crippen LogP) is 4.54. The SMILES string of the molecule is C=CC(=O)N(C1C=Cc2ccccc21)C1C=Cc2ccccc21. The average molecular weight is 299 g/mol. The van der Waals surface area contributed by atoms with Crippen molar-refractivity contribution in [1.82, 2.24) is 4.90 Å². The van der Waals surface area contributed by atoms with E-state index >= 15 is 0 Å². The first-order valence-electron chi connectivity index (χ1n) is 7.78. The van der Waals surface area contributed by atoms with Gasteiger partial charge in [0.05, 0.1) is 12.1 Å². The number of nitrogens with zero attached hydrogens (tertiary/aromatic N) is 1. The van der Waals surface area contributed by atoms with E-state index in [0.717, 1.165) is 0 Å². The summed E-state index contributed by atoms with van der Waals surface area (Å²) in [4.78, 5) is 14.6. The molecule has 1 amide bonds. The lowest BCUT2D eigenvalue weighted by Gasteiger charge is -2.33. The lowest BCUT2D eigenvalue weighted by Crippen LogP contribution is -2.34. The van der Waals surface area contributed by atoms with Crippen LogP contribution in [-0.4, -0.2) is 10.8 Å². The molecular formula is C21H17NO. The van der Waals surface area contributed by atoms with Crippen molar-refractivity contribution in [2.45, 2.75) is 12.1 Å². The van der Waals surface area contributed by atoms with Crippen molar-refractivity contribution in [2.75, 3.05) is 0 Å². The van der Waals surface area contributed by atoms with Crippen LogP contribution in [0, 0.1) is 0 Å². The van der Waals surface area contributed by atoms with Crippen LogP contribution < -0.4 is 0 Å². The summed E-state index contributed by atoms with van der Waals surface area (Å²) in [7, 11) is 0. The third-order valence-electron chi connectivity index (χ3n) is 4.57. The van der Waals surface area contributed by atoms with E-state index in [1.807, 2.05) is 29.2 Å². The van der Waals surface area contributed by atoms with Gasteiger partial charge in [-0.3, -0.25) is 4.79 Å². The molecule has 2 aliphatic rings.